The van der Waals surface area contributed by atoms with Crippen LogP contribution in [0.1, 0.15) is 11.1 Å². The predicted molar refractivity (Wildman–Crippen MR) is 64.4 cm³/mol. The molecule has 0 unspecified atom stereocenters. The molecular formula is C12H11F7N2O. The van der Waals surface area contributed by atoms with Crippen molar-refractivity contribution in [2.75, 3.05) is 7.11 Å². The summed E-state index contributed by atoms with van der Waals surface area (Å²) in [6, 6.07) is -1.32. The third kappa shape index (κ3) is 3.60. The van der Waals surface area contributed by atoms with E-state index in [2.05, 4.69) is 5.10 Å². The largest absolute Gasteiger partial charge is 0.496 e. The van der Waals surface area contributed by atoms with E-state index in [0.29, 0.717) is 23.0 Å². The van der Waals surface area contributed by atoms with Crippen LogP contribution in [0.3, 0.4) is 0 Å². The van der Waals surface area contributed by atoms with Crippen molar-refractivity contribution in [1.29, 1.82) is 0 Å². The average molecular weight is 332 g/mol. The highest BCUT2D eigenvalue weighted by Gasteiger charge is 2.73. The number of aryl methyl sites for hydroxylation is 1. The lowest BCUT2D eigenvalue weighted by Gasteiger charge is -2.27. The van der Waals surface area contributed by atoms with E-state index in [-0.39, 0.29) is 5.56 Å². The van der Waals surface area contributed by atoms with Gasteiger partial charge in [0.15, 0.2) is 0 Å². The number of nitrogens with one attached hydrogen (secondary N) is 1. The summed E-state index contributed by atoms with van der Waals surface area (Å²) >= 11 is 0. The molecule has 124 valence electrons. The first-order chi connectivity index (χ1) is 9.92. The molecule has 1 aromatic rings. The molecular weight excluding hydrogens is 321 g/mol. The summed E-state index contributed by atoms with van der Waals surface area (Å²) < 4.78 is 91.5. The molecule has 0 aliphatic rings. The maximum atomic E-state index is 12.9. The first-order valence-corrected chi connectivity index (χ1v) is 5.69. The number of alkyl halides is 7. The minimum Gasteiger partial charge on any atom is -0.496 e. The second-order valence-corrected chi connectivity index (χ2v) is 4.25. The van der Waals surface area contributed by atoms with Gasteiger partial charge < -0.3 is 4.74 Å². The summed E-state index contributed by atoms with van der Waals surface area (Å²) in [4.78, 5) is 0. The SMILES string of the molecule is COc1cc(/C=N\NC(F)(F)C(F)(F)C(F)(F)F)ccc1C. The van der Waals surface area contributed by atoms with Crippen LogP contribution in [0.25, 0.3) is 0 Å². The van der Waals surface area contributed by atoms with Crippen molar-refractivity contribution >= 4 is 6.21 Å². The third-order valence-electron chi connectivity index (χ3n) is 2.60. The predicted octanol–water partition coefficient (Wildman–Crippen LogP) is 3.72. The zero-order valence-corrected chi connectivity index (χ0v) is 11.3. The average Bonchev–Trinajstić information content (AvgIpc) is 2.39. The summed E-state index contributed by atoms with van der Waals surface area (Å²) in [5, 5.41) is 2.74. The molecule has 1 N–H and O–H groups in total. The van der Waals surface area contributed by atoms with Gasteiger partial charge in [0.1, 0.15) is 5.75 Å². The molecule has 0 aromatic heterocycles. The van der Waals surface area contributed by atoms with Gasteiger partial charge in [0.25, 0.3) is 0 Å². The molecule has 0 spiro atoms. The monoisotopic (exact) mass is 332 g/mol. The molecule has 1 rings (SSSR count). The fraction of sp³-hybridized carbons (Fsp3) is 0.417. The molecule has 0 heterocycles. The smallest absolute Gasteiger partial charge is 0.462 e. The van der Waals surface area contributed by atoms with Crippen LogP contribution in [0.4, 0.5) is 30.7 Å². The van der Waals surface area contributed by atoms with Crippen molar-refractivity contribution in [3.05, 3.63) is 29.3 Å². The van der Waals surface area contributed by atoms with Gasteiger partial charge in [-0.1, -0.05) is 12.1 Å². The Morgan fingerprint density at radius 2 is 1.68 bits per heavy atom. The van der Waals surface area contributed by atoms with Gasteiger partial charge >= 0.3 is 18.1 Å². The van der Waals surface area contributed by atoms with Gasteiger partial charge in [0, 0.05) is 0 Å². The molecule has 0 saturated heterocycles. The molecule has 0 fully saturated rings. The Kier molecular flexibility index (Phi) is 4.93. The zero-order valence-electron chi connectivity index (χ0n) is 11.3. The fourth-order valence-electron chi connectivity index (χ4n) is 1.35. The molecule has 0 saturated carbocycles. The Bertz CT molecular complexity index is 555. The number of benzene rings is 1. The highest BCUT2D eigenvalue weighted by molar-refractivity contribution is 5.80. The van der Waals surface area contributed by atoms with Gasteiger partial charge in [-0.3, -0.25) is 0 Å². The van der Waals surface area contributed by atoms with E-state index in [0.717, 1.165) is 0 Å². The first kappa shape index (κ1) is 18.1. The van der Waals surface area contributed by atoms with E-state index < -0.39 is 18.1 Å². The molecule has 1 aromatic carbocycles. The molecule has 0 atom stereocenters. The van der Waals surface area contributed by atoms with Gasteiger partial charge in [-0.15, -0.1) is 0 Å². The lowest BCUT2D eigenvalue weighted by atomic mass is 10.1. The number of hydrazone groups is 1. The van der Waals surface area contributed by atoms with E-state index in [9.17, 15) is 30.7 Å². The minimum atomic E-state index is -6.41. The van der Waals surface area contributed by atoms with Gasteiger partial charge in [-0.05, 0) is 24.1 Å². The molecule has 0 aliphatic carbocycles. The number of rotatable bonds is 5. The third-order valence-corrected chi connectivity index (χ3v) is 2.60. The van der Waals surface area contributed by atoms with Gasteiger partial charge in [0.2, 0.25) is 0 Å². The topological polar surface area (TPSA) is 33.6 Å². The number of methoxy groups -OCH3 is 1. The molecule has 0 amide bonds. The summed E-state index contributed by atoms with van der Waals surface area (Å²) in [6.45, 7) is 1.69. The Morgan fingerprint density at radius 3 is 2.18 bits per heavy atom. The molecule has 0 radical (unpaired) electrons. The summed E-state index contributed by atoms with van der Waals surface area (Å²) in [5.41, 5.74) is 1.41. The molecule has 0 bridgehead atoms. The highest BCUT2D eigenvalue weighted by atomic mass is 19.4. The number of halogens is 7. The molecule has 22 heavy (non-hydrogen) atoms. The second-order valence-electron chi connectivity index (χ2n) is 4.25. The van der Waals surface area contributed by atoms with Crippen LogP contribution >= 0.6 is 0 Å². The lowest BCUT2D eigenvalue weighted by Crippen LogP contribution is -2.58. The number of hydrogen-bond donors (Lipinski definition) is 1. The van der Waals surface area contributed by atoms with Crippen molar-refractivity contribution in [3.8, 4) is 5.75 Å². The zero-order chi connectivity index (χ0) is 17.2. The van der Waals surface area contributed by atoms with Gasteiger partial charge in [0.05, 0.1) is 13.3 Å². The quantitative estimate of drug-likeness (QED) is 0.386. The van der Waals surface area contributed by atoms with Gasteiger partial charge in [-0.2, -0.15) is 35.8 Å². The maximum Gasteiger partial charge on any atom is 0.462 e. The summed E-state index contributed by atoms with van der Waals surface area (Å²) in [6.07, 6.45) is -5.74. The Balaban J connectivity index is 2.89. The summed E-state index contributed by atoms with van der Waals surface area (Å²) in [5.74, 6) is -5.89. The number of hydrogen-bond acceptors (Lipinski definition) is 3. The normalized spacial score (nSPS) is 13.5. The van der Waals surface area contributed by atoms with Crippen molar-refractivity contribution < 1.29 is 35.5 Å². The second kappa shape index (κ2) is 6.01. The standard InChI is InChI=1S/C12H11F7N2O/c1-7-3-4-8(5-9(7)22-2)6-20-21-12(18,19)10(13,14)11(15,16)17/h3-6,21H,1-2H3/b20-6-. The van der Waals surface area contributed by atoms with Crippen LogP contribution < -0.4 is 10.2 Å². The molecule has 10 heteroatoms. The van der Waals surface area contributed by atoms with Crippen LogP contribution in [0.15, 0.2) is 23.3 Å². The number of ether oxygens (including phenoxy) is 1. The van der Waals surface area contributed by atoms with Crippen LogP contribution in [0.2, 0.25) is 0 Å². The van der Waals surface area contributed by atoms with Crippen molar-refractivity contribution in [3.63, 3.8) is 0 Å². The van der Waals surface area contributed by atoms with Gasteiger partial charge in [-0.25, -0.2) is 5.43 Å². The van der Waals surface area contributed by atoms with Crippen LogP contribution in [-0.2, 0) is 0 Å². The Hall–Kier alpha value is -2.00. The molecule has 0 aliphatic heterocycles. The number of nitrogens with zero attached hydrogens (tertiary/aromatic N) is 1. The Morgan fingerprint density at radius 1 is 1.09 bits per heavy atom. The summed E-state index contributed by atoms with van der Waals surface area (Å²) in [7, 11) is 1.35. The van der Waals surface area contributed by atoms with Crippen molar-refractivity contribution in [1.82, 2.24) is 5.43 Å². The van der Waals surface area contributed by atoms with E-state index in [4.69, 9.17) is 4.74 Å². The van der Waals surface area contributed by atoms with Crippen molar-refractivity contribution in [2.45, 2.75) is 25.1 Å². The van der Waals surface area contributed by atoms with E-state index >= 15 is 0 Å². The van der Waals surface area contributed by atoms with Crippen LogP contribution in [-0.4, -0.2) is 31.5 Å². The van der Waals surface area contributed by atoms with Crippen LogP contribution in [0, 0.1) is 6.92 Å². The maximum absolute atomic E-state index is 12.9. The van der Waals surface area contributed by atoms with E-state index in [1.54, 1.807) is 6.92 Å². The fourth-order valence-corrected chi connectivity index (χ4v) is 1.35. The minimum absolute atomic E-state index is 0.168. The molecule has 3 nitrogen and oxygen atoms in total. The first-order valence-electron chi connectivity index (χ1n) is 5.69. The lowest BCUT2D eigenvalue weighted by molar-refractivity contribution is -0.361. The van der Waals surface area contributed by atoms with Crippen molar-refractivity contribution in [2.24, 2.45) is 5.10 Å². The van der Waals surface area contributed by atoms with Crippen LogP contribution in [0.5, 0.6) is 5.75 Å². The Labute approximate surface area is 120 Å². The van der Waals surface area contributed by atoms with E-state index in [1.165, 1.54) is 25.3 Å². The highest BCUT2D eigenvalue weighted by Crippen LogP contribution is 2.44. The van der Waals surface area contributed by atoms with E-state index in [1.807, 2.05) is 0 Å².